The van der Waals surface area contributed by atoms with Crippen LogP contribution in [0.2, 0.25) is 0 Å². The molecule has 0 fully saturated rings. The summed E-state index contributed by atoms with van der Waals surface area (Å²) in [6.45, 7) is 0. The highest BCUT2D eigenvalue weighted by atomic mass is 16.3. The smallest absolute Gasteiger partial charge is 0.153 e. The van der Waals surface area contributed by atoms with E-state index in [0.717, 1.165) is 28.4 Å². The van der Waals surface area contributed by atoms with E-state index in [4.69, 9.17) is 0 Å². The van der Waals surface area contributed by atoms with Crippen LogP contribution in [-0.2, 0) is 13.5 Å². The highest BCUT2D eigenvalue weighted by Gasteiger charge is 2.07. The second-order valence-corrected chi connectivity index (χ2v) is 5.61. The SMILES string of the molecule is Cn1cc(Nc2ccc3ncc(Cc4ccc(O)cc4)n3n2)cn1. The van der Waals surface area contributed by atoms with Gasteiger partial charge in [0.05, 0.1) is 23.8 Å². The molecule has 3 aromatic heterocycles. The fourth-order valence-electron chi connectivity index (χ4n) is 2.56. The van der Waals surface area contributed by atoms with E-state index in [0.29, 0.717) is 6.42 Å². The third-order valence-corrected chi connectivity index (χ3v) is 3.73. The molecule has 0 amide bonds. The van der Waals surface area contributed by atoms with Gasteiger partial charge in [-0.3, -0.25) is 4.68 Å². The van der Waals surface area contributed by atoms with Crippen molar-refractivity contribution >= 4 is 17.2 Å². The van der Waals surface area contributed by atoms with E-state index < -0.39 is 0 Å². The monoisotopic (exact) mass is 320 g/mol. The van der Waals surface area contributed by atoms with Crippen molar-refractivity contribution in [1.29, 1.82) is 0 Å². The van der Waals surface area contributed by atoms with Crippen LogP contribution in [0, 0.1) is 0 Å². The summed E-state index contributed by atoms with van der Waals surface area (Å²) in [5.74, 6) is 0.985. The van der Waals surface area contributed by atoms with Gasteiger partial charge in [0, 0.05) is 19.7 Å². The number of phenols is 1. The number of aryl methyl sites for hydroxylation is 1. The lowest BCUT2D eigenvalue weighted by Crippen LogP contribution is -2.02. The molecule has 7 heteroatoms. The van der Waals surface area contributed by atoms with Crippen LogP contribution in [0.15, 0.2) is 55.0 Å². The molecule has 0 saturated carbocycles. The largest absolute Gasteiger partial charge is 0.508 e. The minimum atomic E-state index is 0.262. The van der Waals surface area contributed by atoms with E-state index in [2.05, 4.69) is 20.5 Å². The predicted molar refractivity (Wildman–Crippen MR) is 90.4 cm³/mol. The minimum Gasteiger partial charge on any atom is -0.508 e. The first-order chi connectivity index (χ1) is 11.7. The van der Waals surface area contributed by atoms with Crippen molar-refractivity contribution < 1.29 is 5.11 Å². The minimum absolute atomic E-state index is 0.262. The maximum absolute atomic E-state index is 9.39. The van der Waals surface area contributed by atoms with Gasteiger partial charge in [0.25, 0.3) is 0 Å². The number of anilines is 2. The van der Waals surface area contributed by atoms with Crippen LogP contribution >= 0.6 is 0 Å². The number of hydrogen-bond donors (Lipinski definition) is 2. The summed E-state index contributed by atoms with van der Waals surface area (Å²) in [6.07, 6.45) is 6.14. The Hall–Kier alpha value is -3.35. The molecule has 0 unspecified atom stereocenters. The number of benzene rings is 1. The second kappa shape index (κ2) is 5.69. The maximum atomic E-state index is 9.39. The van der Waals surface area contributed by atoms with Crippen molar-refractivity contribution in [2.24, 2.45) is 7.05 Å². The van der Waals surface area contributed by atoms with Crippen molar-refractivity contribution in [3.05, 3.63) is 66.2 Å². The van der Waals surface area contributed by atoms with Crippen LogP contribution < -0.4 is 5.32 Å². The van der Waals surface area contributed by atoms with Gasteiger partial charge in [-0.25, -0.2) is 9.50 Å². The lowest BCUT2D eigenvalue weighted by molar-refractivity contribution is 0.475. The van der Waals surface area contributed by atoms with Crippen LogP contribution in [0.1, 0.15) is 11.3 Å². The topological polar surface area (TPSA) is 80.3 Å². The molecule has 0 bridgehead atoms. The van der Waals surface area contributed by atoms with Crippen molar-refractivity contribution in [3.63, 3.8) is 0 Å². The van der Waals surface area contributed by atoms with E-state index in [1.807, 2.05) is 48.2 Å². The molecule has 4 aromatic rings. The molecule has 0 aliphatic carbocycles. The maximum Gasteiger partial charge on any atom is 0.153 e. The average Bonchev–Trinajstić information content (AvgIpc) is 3.16. The lowest BCUT2D eigenvalue weighted by Gasteiger charge is -2.05. The third-order valence-electron chi connectivity index (χ3n) is 3.73. The van der Waals surface area contributed by atoms with Crippen LogP contribution in [-0.4, -0.2) is 29.5 Å². The van der Waals surface area contributed by atoms with Crippen LogP contribution in [0.5, 0.6) is 5.75 Å². The molecule has 4 rings (SSSR count). The van der Waals surface area contributed by atoms with E-state index in [1.165, 1.54) is 0 Å². The number of nitrogens with zero attached hydrogens (tertiary/aromatic N) is 5. The molecule has 7 nitrogen and oxygen atoms in total. The van der Waals surface area contributed by atoms with Gasteiger partial charge in [0.2, 0.25) is 0 Å². The Morgan fingerprint density at radius 2 is 1.92 bits per heavy atom. The van der Waals surface area contributed by atoms with Gasteiger partial charge in [-0.15, -0.1) is 5.10 Å². The number of hydrogen-bond acceptors (Lipinski definition) is 5. The molecule has 24 heavy (non-hydrogen) atoms. The Labute approximate surface area is 138 Å². The first-order valence-corrected chi connectivity index (χ1v) is 7.55. The molecule has 0 aliphatic rings. The number of rotatable bonds is 4. The molecule has 0 atom stereocenters. The van der Waals surface area contributed by atoms with Gasteiger partial charge in [-0.2, -0.15) is 5.10 Å². The molecule has 120 valence electrons. The van der Waals surface area contributed by atoms with Gasteiger partial charge in [-0.1, -0.05) is 12.1 Å². The number of imidazole rings is 1. The van der Waals surface area contributed by atoms with Crippen LogP contribution in [0.25, 0.3) is 5.65 Å². The number of nitrogens with one attached hydrogen (secondary N) is 1. The van der Waals surface area contributed by atoms with Crippen molar-refractivity contribution in [2.75, 3.05) is 5.32 Å². The van der Waals surface area contributed by atoms with Gasteiger partial charge < -0.3 is 10.4 Å². The van der Waals surface area contributed by atoms with Crippen LogP contribution in [0.4, 0.5) is 11.5 Å². The highest BCUT2D eigenvalue weighted by molar-refractivity contribution is 5.55. The number of fused-ring (bicyclic) bond motifs is 1. The molecule has 0 radical (unpaired) electrons. The van der Waals surface area contributed by atoms with E-state index >= 15 is 0 Å². The zero-order valence-electron chi connectivity index (χ0n) is 13.1. The predicted octanol–water partition coefficient (Wildman–Crippen LogP) is 2.50. The average molecular weight is 320 g/mol. The van der Waals surface area contributed by atoms with E-state index in [1.54, 1.807) is 23.0 Å². The second-order valence-electron chi connectivity index (χ2n) is 5.61. The summed E-state index contributed by atoms with van der Waals surface area (Å²) in [5, 5.41) is 21.4. The van der Waals surface area contributed by atoms with Gasteiger partial charge in [0.15, 0.2) is 11.5 Å². The Bertz CT molecular complexity index is 986. The first kappa shape index (κ1) is 14.3. The molecule has 2 N–H and O–H groups in total. The Kier molecular flexibility index (Phi) is 3.38. The molecule has 0 spiro atoms. The van der Waals surface area contributed by atoms with Crippen molar-refractivity contribution in [3.8, 4) is 5.75 Å². The van der Waals surface area contributed by atoms with Gasteiger partial charge in [0.1, 0.15) is 5.75 Å². The summed E-state index contributed by atoms with van der Waals surface area (Å²) in [5.41, 5.74) is 3.73. The van der Waals surface area contributed by atoms with E-state index in [9.17, 15) is 5.11 Å². The lowest BCUT2D eigenvalue weighted by atomic mass is 10.1. The van der Waals surface area contributed by atoms with Crippen molar-refractivity contribution in [1.82, 2.24) is 24.4 Å². The summed E-state index contributed by atoms with van der Waals surface area (Å²) in [6, 6.07) is 11.0. The molecule has 3 heterocycles. The molecule has 0 saturated heterocycles. The molecule has 0 aliphatic heterocycles. The van der Waals surface area contributed by atoms with Gasteiger partial charge in [-0.05, 0) is 29.8 Å². The number of aromatic nitrogens is 5. The number of phenolic OH excluding ortho intramolecular Hbond substituents is 1. The Morgan fingerprint density at radius 3 is 2.67 bits per heavy atom. The third kappa shape index (κ3) is 2.79. The summed E-state index contributed by atoms with van der Waals surface area (Å²) < 4.78 is 3.56. The zero-order valence-corrected chi connectivity index (χ0v) is 13.1. The summed E-state index contributed by atoms with van der Waals surface area (Å²) >= 11 is 0. The summed E-state index contributed by atoms with van der Waals surface area (Å²) in [7, 11) is 1.87. The quantitative estimate of drug-likeness (QED) is 0.604. The molecular weight excluding hydrogens is 304 g/mol. The molecule has 1 aromatic carbocycles. The standard InChI is InChI=1S/C17H16N6O/c1-22-11-13(9-19-22)20-16-6-7-17-18-10-14(23(17)21-16)8-12-2-4-15(24)5-3-12/h2-7,9-11,24H,8H2,1H3,(H,20,21). The van der Waals surface area contributed by atoms with E-state index in [-0.39, 0.29) is 5.75 Å². The zero-order chi connectivity index (χ0) is 16.5. The van der Waals surface area contributed by atoms with Crippen LogP contribution in [0.3, 0.4) is 0 Å². The first-order valence-electron chi connectivity index (χ1n) is 7.55. The Balaban J connectivity index is 1.64. The summed E-state index contributed by atoms with van der Waals surface area (Å²) in [4.78, 5) is 4.39. The van der Waals surface area contributed by atoms with Gasteiger partial charge >= 0.3 is 0 Å². The highest BCUT2D eigenvalue weighted by Crippen LogP contribution is 2.17. The fraction of sp³-hybridized carbons (Fsp3) is 0.118. The fourth-order valence-corrected chi connectivity index (χ4v) is 2.56. The van der Waals surface area contributed by atoms with Crippen molar-refractivity contribution in [2.45, 2.75) is 6.42 Å². The molecular formula is C17H16N6O. The normalized spacial score (nSPS) is 11.0. The number of aromatic hydroxyl groups is 1. The Morgan fingerprint density at radius 1 is 1.08 bits per heavy atom.